The van der Waals surface area contributed by atoms with Gasteiger partial charge >= 0.3 is 0 Å². The van der Waals surface area contributed by atoms with Crippen LogP contribution in [0.25, 0.3) is 0 Å². The van der Waals surface area contributed by atoms with Gasteiger partial charge < -0.3 is 9.84 Å². The number of phenolic OH excluding ortho intramolecular Hbond substituents is 1. The van der Waals surface area contributed by atoms with Crippen molar-refractivity contribution in [2.75, 3.05) is 0 Å². The number of hydrogen-bond acceptors (Lipinski definition) is 2. The van der Waals surface area contributed by atoms with Gasteiger partial charge in [-0.3, -0.25) is 0 Å². The van der Waals surface area contributed by atoms with Gasteiger partial charge in [-0.2, -0.15) is 0 Å². The number of phenols is 1. The van der Waals surface area contributed by atoms with E-state index in [-0.39, 0.29) is 5.60 Å². The van der Waals surface area contributed by atoms with Gasteiger partial charge in [0, 0.05) is 0 Å². The summed E-state index contributed by atoms with van der Waals surface area (Å²) >= 11 is 0. The molecule has 0 aromatic heterocycles. The van der Waals surface area contributed by atoms with Crippen molar-refractivity contribution in [3.63, 3.8) is 0 Å². The number of ether oxygens (including phenoxy) is 1. The van der Waals surface area contributed by atoms with Crippen LogP contribution >= 0.6 is 0 Å². The van der Waals surface area contributed by atoms with Gasteiger partial charge in [-0.25, -0.2) is 0 Å². The highest BCUT2D eigenvalue weighted by Gasteiger charge is 2.39. The first-order valence-corrected chi connectivity index (χ1v) is 6.76. The molecule has 0 atom stereocenters. The summed E-state index contributed by atoms with van der Waals surface area (Å²) in [6.07, 6.45) is 3.32. The van der Waals surface area contributed by atoms with E-state index in [0.29, 0.717) is 12.4 Å². The third-order valence-corrected chi connectivity index (χ3v) is 3.91. The molecule has 2 nitrogen and oxygen atoms in total. The highest BCUT2D eigenvalue weighted by molar-refractivity contribution is 5.31. The molecule has 0 amide bonds. The minimum absolute atomic E-state index is 0.149. The lowest BCUT2D eigenvalue weighted by Crippen LogP contribution is -2.37. The predicted octanol–water partition coefficient (Wildman–Crippen LogP) is 3.99. The van der Waals surface area contributed by atoms with Crippen LogP contribution in [0.1, 0.15) is 30.4 Å². The van der Waals surface area contributed by atoms with E-state index in [1.165, 1.54) is 17.5 Å². The Kier molecular flexibility index (Phi) is 3.26. The van der Waals surface area contributed by atoms with Gasteiger partial charge in [-0.15, -0.1) is 0 Å². The van der Waals surface area contributed by atoms with E-state index in [1.807, 2.05) is 30.3 Å². The van der Waals surface area contributed by atoms with Gasteiger partial charge in [0.1, 0.15) is 5.75 Å². The van der Waals surface area contributed by atoms with Crippen LogP contribution in [0.3, 0.4) is 0 Å². The summed E-state index contributed by atoms with van der Waals surface area (Å²) in [5.41, 5.74) is 2.23. The maximum Gasteiger partial charge on any atom is 0.115 e. The maximum atomic E-state index is 9.38. The Morgan fingerprint density at radius 3 is 2.21 bits per heavy atom. The Labute approximate surface area is 113 Å². The Morgan fingerprint density at radius 2 is 1.63 bits per heavy atom. The first kappa shape index (κ1) is 12.2. The summed E-state index contributed by atoms with van der Waals surface area (Å²) in [6, 6.07) is 17.7. The molecule has 1 fully saturated rings. The quantitative estimate of drug-likeness (QED) is 0.894. The standard InChI is InChI=1S/C17H18O2/c18-16-9-7-15(8-10-16)17(11-4-12-17)19-13-14-5-2-1-3-6-14/h1-3,5-10,18H,4,11-13H2. The van der Waals surface area contributed by atoms with E-state index in [2.05, 4.69) is 12.1 Å². The van der Waals surface area contributed by atoms with Crippen LogP contribution in [0.15, 0.2) is 54.6 Å². The fourth-order valence-electron chi connectivity index (χ4n) is 2.58. The van der Waals surface area contributed by atoms with E-state index >= 15 is 0 Å². The van der Waals surface area contributed by atoms with Crippen LogP contribution in [-0.4, -0.2) is 5.11 Å². The first-order chi connectivity index (χ1) is 9.28. The lowest BCUT2D eigenvalue weighted by molar-refractivity contribution is -0.116. The monoisotopic (exact) mass is 254 g/mol. The Hall–Kier alpha value is -1.80. The lowest BCUT2D eigenvalue weighted by Gasteiger charge is -2.42. The van der Waals surface area contributed by atoms with E-state index in [0.717, 1.165) is 12.8 Å². The second kappa shape index (κ2) is 5.06. The minimum atomic E-state index is -0.149. The van der Waals surface area contributed by atoms with E-state index < -0.39 is 0 Å². The molecule has 3 rings (SSSR count). The molecule has 0 aliphatic heterocycles. The SMILES string of the molecule is Oc1ccc(C2(OCc3ccccc3)CCC2)cc1. The van der Waals surface area contributed by atoms with Crippen molar-refractivity contribution in [1.82, 2.24) is 0 Å². The fraction of sp³-hybridized carbons (Fsp3) is 0.294. The molecule has 0 spiro atoms. The summed E-state index contributed by atoms with van der Waals surface area (Å²) in [5, 5.41) is 9.38. The molecule has 0 bridgehead atoms. The Morgan fingerprint density at radius 1 is 0.947 bits per heavy atom. The average molecular weight is 254 g/mol. The van der Waals surface area contributed by atoms with E-state index in [4.69, 9.17) is 4.74 Å². The van der Waals surface area contributed by atoms with Crippen LogP contribution in [0.4, 0.5) is 0 Å². The van der Waals surface area contributed by atoms with Crippen molar-refractivity contribution in [2.24, 2.45) is 0 Å². The number of hydrogen-bond donors (Lipinski definition) is 1. The van der Waals surface area contributed by atoms with E-state index in [1.54, 1.807) is 12.1 Å². The molecule has 1 aliphatic rings. The van der Waals surface area contributed by atoms with Crippen LogP contribution in [0, 0.1) is 0 Å². The van der Waals surface area contributed by atoms with Crippen LogP contribution < -0.4 is 0 Å². The first-order valence-electron chi connectivity index (χ1n) is 6.76. The highest BCUT2D eigenvalue weighted by atomic mass is 16.5. The molecule has 98 valence electrons. The number of aromatic hydroxyl groups is 1. The van der Waals surface area contributed by atoms with Crippen LogP contribution in [0.5, 0.6) is 5.75 Å². The average Bonchev–Trinajstić information content (AvgIpc) is 2.41. The molecule has 1 N–H and O–H groups in total. The minimum Gasteiger partial charge on any atom is -0.508 e. The molecule has 0 unspecified atom stereocenters. The zero-order valence-electron chi connectivity index (χ0n) is 10.9. The van der Waals surface area contributed by atoms with Crippen molar-refractivity contribution < 1.29 is 9.84 Å². The molecule has 0 radical (unpaired) electrons. The number of rotatable bonds is 4. The largest absolute Gasteiger partial charge is 0.508 e. The Bertz CT molecular complexity index is 527. The topological polar surface area (TPSA) is 29.5 Å². The molecule has 2 heteroatoms. The van der Waals surface area contributed by atoms with Crippen molar-refractivity contribution in [1.29, 1.82) is 0 Å². The van der Waals surface area contributed by atoms with Crippen molar-refractivity contribution in [3.8, 4) is 5.75 Å². The third-order valence-electron chi connectivity index (χ3n) is 3.91. The smallest absolute Gasteiger partial charge is 0.115 e. The maximum absolute atomic E-state index is 9.38. The fourth-order valence-corrected chi connectivity index (χ4v) is 2.58. The van der Waals surface area contributed by atoms with Gasteiger partial charge in [-0.1, -0.05) is 42.5 Å². The van der Waals surface area contributed by atoms with Crippen LogP contribution in [-0.2, 0) is 16.9 Å². The Balaban J connectivity index is 1.74. The van der Waals surface area contributed by atoms with Gasteiger partial charge in [0.15, 0.2) is 0 Å². The summed E-state index contributed by atoms with van der Waals surface area (Å²) in [5.74, 6) is 0.307. The molecule has 19 heavy (non-hydrogen) atoms. The molecule has 2 aromatic rings. The van der Waals surface area contributed by atoms with Gasteiger partial charge in [-0.05, 0) is 42.5 Å². The van der Waals surface area contributed by atoms with Crippen molar-refractivity contribution >= 4 is 0 Å². The normalized spacial score (nSPS) is 16.8. The van der Waals surface area contributed by atoms with Gasteiger partial charge in [0.25, 0.3) is 0 Å². The van der Waals surface area contributed by atoms with Crippen molar-refractivity contribution in [3.05, 3.63) is 65.7 Å². The molecular formula is C17H18O2. The van der Waals surface area contributed by atoms with Gasteiger partial charge in [0.2, 0.25) is 0 Å². The molecule has 0 saturated heterocycles. The molecule has 1 aliphatic carbocycles. The van der Waals surface area contributed by atoms with Gasteiger partial charge in [0.05, 0.1) is 12.2 Å². The second-order valence-corrected chi connectivity index (χ2v) is 5.17. The zero-order valence-corrected chi connectivity index (χ0v) is 10.9. The van der Waals surface area contributed by atoms with Crippen molar-refractivity contribution in [2.45, 2.75) is 31.5 Å². The molecule has 2 aromatic carbocycles. The predicted molar refractivity (Wildman–Crippen MR) is 74.9 cm³/mol. The third kappa shape index (κ3) is 2.49. The second-order valence-electron chi connectivity index (χ2n) is 5.17. The summed E-state index contributed by atoms with van der Waals surface area (Å²) in [6.45, 7) is 0.641. The molecular weight excluding hydrogens is 236 g/mol. The van der Waals surface area contributed by atoms with Crippen LogP contribution in [0.2, 0.25) is 0 Å². The summed E-state index contributed by atoms with van der Waals surface area (Å²) < 4.78 is 6.20. The highest BCUT2D eigenvalue weighted by Crippen LogP contribution is 2.45. The lowest BCUT2D eigenvalue weighted by atomic mass is 9.75. The summed E-state index contributed by atoms with van der Waals surface area (Å²) in [7, 11) is 0. The zero-order chi connectivity index (χ0) is 13.1. The summed E-state index contributed by atoms with van der Waals surface area (Å²) in [4.78, 5) is 0. The molecule has 1 saturated carbocycles. The molecule has 0 heterocycles. The number of benzene rings is 2. The van der Waals surface area contributed by atoms with E-state index in [9.17, 15) is 5.11 Å².